The van der Waals surface area contributed by atoms with E-state index in [1.54, 1.807) is 24.3 Å². The number of benzene rings is 2. The molecule has 0 radical (unpaired) electrons. The molecule has 2 rings (SSSR count). The Morgan fingerprint density at radius 3 is 2.38 bits per heavy atom. The molecular weight excluding hydrogens is 324 g/mol. The molecule has 0 bridgehead atoms. The third-order valence-electron chi connectivity index (χ3n) is 3.40. The number of oxime groups is 1. The van der Waals surface area contributed by atoms with Crippen LogP contribution in [0.1, 0.15) is 31.4 Å². The van der Waals surface area contributed by atoms with Crippen LogP contribution in [0, 0.1) is 0 Å². The lowest BCUT2D eigenvalue weighted by molar-refractivity contribution is 0.130. The molecule has 0 atom stereocenters. The van der Waals surface area contributed by atoms with Crippen LogP contribution in [0.2, 0.25) is 0 Å². The second-order valence-electron chi connectivity index (χ2n) is 5.36. The number of sulfonamides is 1. The highest BCUT2D eigenvalue weighted by molar-refractivity contribution is 7.89. The summed E-state index contributed by atoms with van der Waals surface area (Å²) < 4.78 is 26.6. The maximum Gasteiger partial charge on any atom is 0.240 e. The van der Waals surface area contributed by atoms with Crippen molar-refractivity contribution in [2.75, 3.05) is 6.54 Å². The molecule has 0 heterocycles. The molecule has 0 unspecified atom stereocenters. The SMILES string of the molecule is CCCNS(=O)(=O)c1ccc(C(C)=NOCc2ccccc2)cc1. The van der Waals surface area contributed by atoms with Crippen LogP contribution in [0.4, 0.5) is 0 Å². The Balaban J connectivity index is 2.00. The van der Waals surface area contributed by atoms with Crippen molar-refractivity contribution in [2.45, 2.75) is 31.8 Å². The lowest BCUT2D eigenvalue weighted by Gasteiger charge is -2.07. The molecule has 0 spiro atoms. The smallest absolute Gasteiger partial charge is 0.240 e. The standard InChI is InChI=1S/C18H22N2O3S/c1-3-13-19-24(21,22)18-11-9-17(10-12-18)15(2)20-23-14-16-7-5-4-6-8-16/h4-12,19H,3,13-14H2,1-2H3. The van der Waals surface area contributed by atoms with Crippen molar-refractivity contribution in [3.8, 4) is 0 Å². The van der Waals surface area contributed by atoms with Crippen LogP contribution in [0.3, 0.4) is 0 Å². The Morgan fingerprint density at radius 2 is 1.75 bits per heavy atom. The Morgan fingerprint density at radius 1 is 1.08 bits per heavy atom. The average Bonchev–Trinajstić information content (AvgIpc) is 2.61. The van der Waals surface area contributed by atoms with E-state index >= 15 is 0 Å². The van der Waals surface area contributed by atoms with Gasteiger partial charge in [-0.3, -0.25) is 0 Å². The molecule has 0 aromatic heterocycles. The predicted octanol–water partition coefficient (Wildman–Crippen LogP) is 3.32. The number of rotatable bonds is 8. The molecule has 0 amide bonds. The molecule has 2 aromatic rings. The quantitative estimate of drug-likeness (QED) is 0.589. The fourth-order valence-electron chi connectivity index (χ4n) is 2.03. The molecule has 0 saturated carbocycles. The first kappa shape index (κ1) is 18.2. The van der Waals surface area contributed by atoms with Gasteiger partial charge in [-0.1, -0.05) is 54.5 Å². The highest BCUT2D eigenvalue weighted by Gasteiger charge is 2.12. The van der Waals surface area contributed by atoms with Crippen molar-refractivity contribution in [3.63, 3.8) is 0 Å². The van der Waals surface area contributed by atoms with Gasteiger partial charge in [0, 0.05) is 6.54 Å². The zero-order valence-corrected chi connectivity index (χ0v) is 14.7. The van der Waals surface area contributed by atoms with Crippen molar-refractivity contribution in [1.29, 1.82) is 0 Å². The van der Waals surface area contributed by atoms with Gasteiger partial charge in [0.05, 0.1) is 10.6 Å². The van der Waals surface area contributed by atoms with E-state index in [1.807, 2.05) is 44.2 Å². The van der Waals surface area contributed by atoms with Gasteiger partial charge >= 0.3 is 0 Å². The molecule has 128 valence electrons. The largest absolute Gasteiger partial charge is 0.391 e. The summed E-state index contributed by atoms with van der Waals surface area (Å²) in [5.74, 6) is 0. The molecule has 0 aliphatic carbocycles. The van der Waals surface area contributed by atoms with E-state index in [1.165, 1.54) is 0 Å². The van der Waals surface area contributed by atoms with Gasteiger partial charge in [-0.15, -0.1) is 0 Å². The van der Waals surface area contributed by atoms with Crippen LogP contribution in [0.5, 0.6) is 0 Å². The third-order valence-corrected chi connectivity index (χ3v) is 4.88. The van der Waals surface area contributed by atoms with Crippen LogP contribution < -0.4 is 4.72 Å². The predicted molar refractivity (Wildman–Crippen MR) is 95.4 cm³/mol. The first-order valence-electron chi connectivity index (χ1n) is 7.83. The van der Waals surface area contributed by atoms with Gasteiger partial charge in [0.1, 0.15) is 6.61 Å². The van der Waals surface area contributed by atoms with Crippen molar-refractivity contribution >= 4 is 15.7 Å². The summed E-state index contributed by atoms with van der Waals surface area (Å²) in [6.07, 6.45) is 0.752. The molecule has 0 aliphatic rings. The highest BCUT2D eigenvalue weighted by Crippen LogP contribution is 2.12. The Hall–Kier alpha value is -2.18. The Labute approximate surface area is 143 Å². The van der Waals surface area contributed by atoms with Crippen LogP contribution in [0.25, 0.3) is 0 Å². The molecule has 0 fully saturated rings. The molecule has 5 nitrogen and oxygen atoms in total. The molecule has 24 heavy (non-hydrogen) atoms. The normalized spacial score (nSPS) is 12.2. The lowest BCUT2D eigenvalue weighted by atomic mass is 10.1. The minimum atomic E-state index is -3.44. The van der Waals surface area contributed by atoms with E-state index in [9.17, 15) is 8.42 Å². The maximum atomic E-state index is 12.0. The summed E-state index contributed by atoms with van der Waals surface area (Å²) in [6, 6.07) is 16.4. The zero-order chi connectivity index (χ0) is 17.4. The van der Waals surface area contributed by atoms with Crippen molar-refractivity contribution in [2.24, 2.45) is 5.16 Å². The first-order valence-corrected chi connectivity index (χ1v) is 9.32. The van der Waals surface area contributed by atoms with Gasteiger partial charge in [-0.05, 0) is 36.6 Å². The van der Waals surface area contributed by atoms with Crippen LogP contribution in [-0.2, 0) is 21.5 Å². The second kappa shape index (κ2) is 8.61. The van der Waals surface area contributed by atoms with Gasteiger partial charge in [-0.2, -0.15) is 0 Å². The second-order valence-corrected chi connectivity index (χ2v) is 7.12. The number of hydrogen-bond donors (Lipinski definition) is 1. The average molecular weight is 346 g/mol. The fraction of sp³-hybridized carbons (Fsp3) is 0.278. The van der Waals surface area contributed by atoms with E-state index in [0.29, 0.717) is 18.9 Å². The first-order chi connectivity index (χ1) is 11.5. The minimum Gasteiger partial charge on any atom is -0.391 e. The number of nitrogens with zero attached hydrogens (tertiary/aromatic N) is 1. The summed E-state index contributed by atoms with van der Waals surface area (Å²) in [4.78, 5) is 5.59. The summed E-state index contributed by atoms with van der Waals surface area (Å²) in [5, 5.41) is 4.08. The van der Waals surface area contributed by atoms with Gasteiger partial charge < -0.3 is 4.84 Å². The van der Waals surface area contributed by atoms with Crippen LogP contribution >= 0.6 is 0 Å². The van der Waals surface area contributed by atoms with E-state index < -0.39 is 10.0 Å². The molecule has 0 saturated heterocycles. The third kappa shape index (κ3) is 5.18. The minimum absolute atomic E-state index is 0.248. The molecule has 1 N–H and O–H groups in total. The molecule has 6 heteroatoms. The van der Waals surface area contributed by atoms with Gasteiger partial charge in [0.25, 0.3) is 0 Å². The number of hydrogen-bond acceptors (Lipinski definition) is 4. The summed E-state index contributed by atoms with van der Waals surface area (Å²) >= 11 is 0. The van der Waals surface area contributed by atoms with Gasteiger partial charge in [0.15, 0.2) is 0 Å². The fourth-order valence-corrected chi connectivity index (χ4v) is 3.16. The van der Waals surface area contributed by atoms with Gasteiger partial charge in [-0.25, -0.2) is 13.1 Å². The Kier molecular flexibility index (Phi) is 6.52. The molecular formula is C18H22N2O3S. The van der Waals surface area contributed by atoms with E-state index in [-0.39, 0.29) is 4.90 Å². The zero-order valence-electron chi connectivity index (χ0n) is 13.9. The van der Waals surface area contributed by atoms with Crippen LogP contribution in [0.15, 0.2) is 64.6 Å². The maximum absolute atomic E-state index is 12.0. The lowest BCUT2D eigenvalue weighted by Crippen LogP contribution is -2.24. The van der Waals surface area contributed by atoms with E-state index in [0.717, 1.165) is 17.5 Å². The van der Waals surface area contributed by atoms with E-state index in [4.69, 9.17) is 4.84 Å². The number of nitrogens with one attached hydrogen (secondary N) is 1. The molecule has 0 aliphatic heterocycles. The summed E-state index contributed by atoms with van der Waals surface area (Å²) in [5.41, 5.74) is 2.55. The molecule has 2 aromatic carbocycles. The van der Waals surface area contributed by atoms with Crippen molar-refractivity contribution in [1.82, 2.24) is 4.72 Å². The van der Waals surface area contributed by atoms with Crippen molar-refractivity contribution in [3.05, 3.63) is 65.7 Å². The van der Waals surface area contributed by atoms with E-state index in [2.05, 4.69) is 9.88 Å². The summed E-state index contributed by atoms with van der Waals surface area (Å²) in [7, 11) is -3.44. The van der Waals surface area contributed by atoms with Gasteiger partial charge in [0.2, 0.25) is 10.0 Å². The monoisotopic (exact) mass is 346 g/mol. The van der Waals surface area contributed by atoms with Crippen LogP contribution in [-0.4, -0.2) is 20.7 Å². The summed E-state index contributed by atoms with van der Waals surface area (Å²) in [6.45, 7) is 4.56. The Bertz CT molecular complexity index is 770. The topological polar surface area (TPSA) is 67.8 Å². The van der Waals surface area contributed by atoms with Crippen molar-refractivity contribution < 1.29 is 13.3 Å². The highest BCUT2D eigenvalue weighted by atomic mass is 32.2.